The van der Waals surface area contributed by atoms with Gasteiger partial charge in [0.05, 0.1) is 11.4 Å². The van der Waals surface area contributed by atoms with E-state index in [0.29, 0.717) is 12.2 Å². The number of nitrogens with zero attached hydrogens (tertiary/aromatic N) is 1. The van der Waals surface area contributed by atoms with Gasteiger partial charge < -0.3 is 5.32 Å². The van der Waals surface area contributed by atoms with Gasteiger partial charge in [0.1, 0.15) is 0 Å². The molecule has 0 aliphatic carbocycles. The molecule has 0 atom stereocenters. The Morgan fingerprint density at radius 2 is 1.67 bits per heavy atom. The predicted octanol–water partition coefficient (Wildman–Crippen LogP) is 2.55. The van der Waals surface area contributed by atoms with E-state index in [1.165, 1.54) is 12.1 Å². The summed E-state index contributed by atoms with van der Waals surface area (Å²) in [6.45, 7) is 3.75. The quantitative estimate of drug-likeness (QED) is 0.837. The van der Waals surface area contributed by atoms with Gasteiger partial charge in [-0.1, -0.05) is 37.3 Å². The molecule has 0 heterocycles. The highest BCUT2D eigenvalue weighted by molar-refractivity contribution is 7.90. The van der Waals surface area contributed by atoms with Crippen molar-refractivity contribution in [3.8, 4) is 0 Å². The molecule has 0 saturated carbocycles. The number of rotatable bonds is 7. The van der Waals surface area contributed by atoms with Gasteiger partial charge in [0, 0.05) is 18.5 Å². The minimum absolute atomic E-state index is 0.125. The summed E-state index contributed by atoms with van der Waals surface area (Å²) in [5.41, 5.74) is 1.74. The van der Waals surface area contributed by atoms with Gasteiger partial charge in [0.2, 0.25) is 5.91 Å². The standard InChI is InChI=1S/C18H22N2O3S/c1-3-20(13-15-7-5-4-6-8-15)14-18(21)19-16-9-11-17(12-10-16)24(2,22)23/h4-12H,3,13-14H2,1-2H3,(H,19,21). The Morgan fingerprint density at radius 1 is 1.04 bits per heavy atom. The third kappa shape index (κ3) is 5.47. The maximum absolute atomic E-state index is 12.2. The van der Waals surface area contributed by atoms with Crippen LogP contribution in [0.1, 0.15) is 12.5 Å². The van der Waals surface area contributed by atoms with Gasteiger partial charge in [-0.05, 0) is 36.4 Å². The number of likely N-dealkylation sites (N-methyl/N-ethyl adjacent to an activating group) is 1. The first-order chi connectivity index (χ1) is 11.4. The summed E-state index contributed by atoms with van der Waals surface area (Å²) in [5.74, 6) is -0.125. The summed E-state index contributed by atoms with van der Waals surface area (Å²) in [6.07, 6.45) is 1.16. The predicted molar refractivity (Wildman–Crippen MR) is 95.6 cm³/mol. The molecule has 2 aromatic rings. The summed E-state index contributed by atoms with van der Waals surface area (Å²) in [6, 6.07) is 16.2. The first kappa shape index (κ1) is 18.2. The second-order valence-corrected chi connectivity index (χ2v) is 7.65. The molecule has 5 nitrogen and oxygen atoms in total. The van der Waals surface area contributed by atoms with Crippen molar-refractivity contribution in [1.29, 1.82) is 0 Å². The molecule has 0 bridgehead atoms. The van der Waals surface area contributed by atoms with Crippen molar-refractivity contribution in [2.75, 3.05) is 24.7 Å². The van der Waals surface area contributed by atoms with E-state index in [1.54, 1.807) is 12.1 Å². The van der Waals surface area contributed by atoms with E-state index in [-0.39, 0.29) is 17.3 Å². The second kappa shape index (κ2) is 8.08. The molecule has 24 heavy (non-hydrogen) atoms. The number of anilines is 1. The minimum atomic E-state index is -3.23. The molecule has 1 amide bonds. The van der Waals surface area contributed by atoms with Gasteiger partial charge in [0.15, 0.2) is 9.84 Å². The van der Waals surface area contributed by atoms with Crippen molar-refractivity contribution >= 4 is 21.4 Å². The second-order valence-electron chi connectivity index (χ2n) is 5.63. The lowest BCUT2D eigenvalue weighted by Crippen LogP contribution is -2.32. The van der Waals surface area contributed by atoms with Gasteiger partial charge >= 0.3 is 0 Å². The lowest BCUT2D eigenvalue weighted by molar-refractivity contribution is -0.117. The van der Waals surface area contributed by atoms with Gasteiger partial charge in [0.25, 0.3) is 0 Å². The zero-order valence-electron chi connectivity index (χ0n) is 13.9. The van der Waals surface area contributed by atoms with Crippen LogP contribution in [0.2, 0.25) is 0 Å². The fourth-order valence-corrected chi connectivity index (χ4v) is 2.94. The molecule has 0 spiro atoms. The Bertz CT molecular complexity index is 772. The van der Waals surface area contributed by atoms with Crippen LogP contribution in [-0.4, -0.2) is 38.6 Å². The molecule has 0 aliphatic heterocycles. The van der Waals surface area contributed by atoms with E-state index in [9.17, 15) is 13.2 Å². The van der Waals surface area contributed by atoms with Crippen LogP contribution in [0.3, 0.4) is 0 Å². The summed E-state index contributed by atoms with van der Waals surface area (Å²) in [7, 11) is -3.23. The van der Waals surface area contributed by atoms with Crippen LogP contribution in [0, 0.1) is 0 Å². The topological polar surface area (TPSA) is 66.5 Å². The maximum atomic E-state index is 12.2. The Morgan fingerprint density at radius 3 is 2.21 bits per heavy atom. The Labute approximate surface area is 143 Å². The van der Waals surface area contributed by atoms with Crippen LogP contribution in [0.5, 0.6) is 0 Å². The molecule has 1 N–H and O–H groups in total. The van der Waals surface area contributed by atoms with Gasteiger partial charge in [-0.25, -0.2) is 8.42 Å². The van der Waals surface area contributed by atoms with E-state index in [1.807, 2.05) is 42.2 Å². The average Bonchev–Trinajstić information content (AvgIpc) is 2.54. The van der Waals surface area contributed by atoms with Crippen LogP contribution in [-0.2, 0) is 21.2 Å². The van der Waals surface area contributed by atoms with Gasteiger partial charge in [-0.2, -0.15) is 0 Å². The van der Waals surface area contributed by atoms with Crippen molar-refractivity contribution < 1.29 is 13.2 Å². The number of nitrogens with one attached hydrogen (secondary N) is 1. The maximum Gasteiger partial charge on any atom is 0.238 e. The molecule has 6 heteroatoms. The minimum Gasteiger partial charge on any atom is -0.325 e. The largest absolute Gasteiger partial charge is 0.325 e. The number of hydrogen-bond acceptors (Lipinski definition) is 4. The average molecular weight is 346 g/mol. The lowest BCUT2D eigenvalue weighted by Gasteiger charge is -2.20. The van der Waals surface area contributed by atoms with Crippen LogP contribution >= 0.6 is 0 Å². The summed E-state index contributed by atoms with van der Waals surface area (Å²) in [4.78, 5) is 14.5. The number of hydrogen-bond donors (Lipinski definition) is 1. The van der Waals surface area contributed by atoms with E-state index >= 15 is 0 Å². The monoisotopic (exact) mass is 346 g/mol. The van der Waals surface area contributed by atoms with Crippen molar-refractivity contribution in [2.24, 2.45) is 0 Å². The molecule has 2 aromatic carbocycles. The Hall–Kier alpha value is -2.18. The zero-order valence-corrected chi connectivity index (χ0v) is 14.7. The van der Waals surface area contributed by atoms with Crippen LogP contribution < -0.4 is 5.32 Å². The summed E-state index contributed by atoms with van der Waals surface area (Å²) in [5, 5.41) is 2.80. The highest BCUT2D eigenvalue weighted by Crippen LogP contribution is 2.14. The smallest absolute Gasteiger partial charge is 0.238 e. The fourth-order valence-electron chi connectivity index (χ4n) is 2.31. The van der Waals surface area contributed by atoms with Crippen LogP contribution in [0.15, 0.2) is 59.5 Å². The van der Waals surface area contributed by atoms with Crippen molar-refractivity contribution in [3.05, 3.63) is 60.2 Å². The normalized spacial score (nSPS) is 11.5. The first-order valence-corrected chi connectivity index (χ1v) is 9.64. The van der Waals surface area contributed by atoms with E-state index < -0.39 is 9.84 Å². The molecule has 0 radical (unpaired) electrons. The SMILES string of the molecule is CCN(CC(=O)Nc1ccc(S(C)(=O)=O)cc1)Cc1ccccc1. The highest BCUT2D eigenvalue weighted by atomic mass is 32.2. The lowest BCUT2D eigenvalue weighted by atomic mass is 10.2. The first-order valence-electron chi connectivity index (χ1n) is 7.74. The molecule has 0 aliphatic rings. The molecule has 0 fully saturated rings. The van der Waals surface area contributed by atoms with Crippen molar-refractivity contribution in [3.63, 3.8) is 0 Å². The number of sulfone groups is 1. The van der Waals surface area contributed by atoms with Crippen LogP contribution in [0.4, 0.5) is 5.69 Å². The van der Waals surface area contributed by atoms with E-state index in [0.717, 1.165) is 18.4 Å². The van der Waals surface area contributed by atoms with Gasteiger partial charge in [-0.15, -0.1) is 0 Å². The molecular formula is C18H22N2O3S. The molecule has 0 unspecified atom stereocenters. The van der Waals surface area contributed by atoms with E-state index in [4.69, 9.17) is 0 Å². The Kier molecular flexibility index (Phi) is 6.11. The molecule has 128 valence electrons. The van der Waals surface area contributed by atoms with Crippen molar-refractivity contribution in [1.82, 2.24) is 4.90 Å². The third-order valence-electron chi connectivity index (χ3n) is 3.63. The summed E-state index contributed by atoms with van der Waals surface area (Å²) >= 11 is 0. The molecule has 0 aromatic heterocycles. The van der Waals surface area contributed by atoms with Crippen molar-refractivity contribution in [2.45, 2.75) is 18.4 Å². The van der Waals surface area contributed by atoms with Crippen LogP contribution in [0.25, 0.3) is 0 Å². The number of amides is 1. The summed E-state index contributed by atoms with van der Waals surface area (Å²) < 4.78 is 22.9. The zero-order chi connectivity index (χ0) is 17.6. The molecular weight excluding hydrogens is 324 g/mol. The molecule has 0 saturated heterocycles. The third-order valence-corrected chi connectivity index (χ3v) is 4.76. The van der Waals surface area contributed by atoms with Gasteiger partial charge in [-0.3, -0.25) is 9.69 Å². The fraction of sp³-hybridized carbons (Fsp3) is 0.278. The molecule has 2 rings (SSSR count). The number of carbonyl (C=O) groups is 1. The number of benzene rings is 2. The highest BCUT2D eigenvalue weighted by Gasteiger charge is 2.11. The number of carbonyl (C=O) groups excluding carboxylic acids is 1. The van der Waals surface area contributed by atoms with E-state index in [2.05, 4.69) is 5.32 Å². The Balaban J connectivity index is 1.94.